The predicted molar refractivity (Wildman–Crippen MR) is 88.8 cm³/mol. The quantitative estimate of drug-likeness (QED) is 0.584. The molecule has 0 radical (unpaired) electrons. The van der Waals surface area contributed by atoms with Gasteiger partial charge in [-0.05, 0) is 37.3 Å². The Morgan fingerprint density at radius 1 is 1.04 bits per heavy atom. The Balaban J connectivity index is 0.000000301. The zero-order valence-electron chi connectivity index (χ0n) is 13.9. The molecule has 1 aliphatic carbocycles. The van der Waals surface area contributed by atoms with Crippen LogP contribution in [0.1, 0.15) is 50.2 Å². The maximum atomic E-state index is 11.1. The SMILES string of the molecule is CC1(C2(O)CCCCC2)NCCc2ccccc21.O=C(O)C(=O)O. The van der Waals surface area contributed by atoms with Crippen LogP contribution in [0.2, 0.25) is 0 Å². The number of nitrogens with one attached hydrogen (secondary N) is 1. The second-order valence-electron chi connectivity index (χ2n) is 6.66. The summed E-state index contributed by atoms with van der Waals surface area (Å²) in [6.07, 6.45) is 6.48. The number of benzene rings is 1. The molecule has 24 heavy (non-hydrogen) atoms. The largest absolute Gasteiger partial charge is 0.473 e. The van der Waals surface area contributed by atoms with E-state index in [0.717, 1.165) is 38.6 Å². The van der Waals surface area contributed by atoms with Crippen molar-refractivity contribution in [1.82, 2.24) is 5.32 Å². The topological polar surface area (TPSA) is 107 Å². The van der Waals surface area contributed by atoms with Crippen molar-refractivity contribution >= 4 is 11.9 Å². The van der Waals surface area contributed by atoms with Gasteiger partial charge in [-0.3, -0.25) is 0 Å². The monoisotopic (exact) mass is 335 g/mol. The highest BCUT2D eigenvalue weighted by atomic mass is 16.4. The average molecular weight is 335 g/mol. The molecule has 1 aliphatic heterocycles. The second-order valence-corrected chi connectivity index (χ2v) is 6.66. The van der Waals surface area contributed by atoms with Crippen LogP contribution in [0.4, 0.5) is 0 Å². The first-order chi connectivity index (χ1) is 11.3. The van der Waals surface area contributed by atoms with Crippen LogP contribution in [0.3, 0.4) is 0 Å². The molecule has 1 saturated carbocycles. The van der Waals surface area contributed by atoms with Crippen LogP contribution in [0.15, 0.2) is 24.3 Å². The maximum Gasteiger partial charge on any atom is 0.414 e. The van der Waals surface area contributed by atoms with Crippen molar-refractivity contribution in [1.29, 1.82) is 0 Å². The fourth-order valence-corrected chi connectivity index (χ4v) is 3.82. The Bertz CT molecular complexity index is 597. The van der Waals surface area contributed by atoms with Gasteiger partial charge in [-0.15, -0.1) is 0 Å². The molecule has 132 valence electrons. The van der Waals surface area contributed by atoms with E-state index >= 15 is 0 Å². The lowest BCUT2D eigenvalue weighted by Gasteiger charge is -2.50. The number of aliphatic carboxylic acids is 2. The van der Waals surface area contributed by atoms with E-state index in [0.29, 0.717) is 0 Å². The Morgan fingerprint density at radius 3 is 2.21 bits per heavy atom. The third kappa shape index (κ3) is 3.60. The minimum atomic E-state index is -1.82. The summed E-state index contributed by atoms with van der Waals surface area (Å²) in [7, 11) is 0. The van der Waals surface area contributed by atoms with Gasteiger partial charge in [0, 0.05) is 6.54 Å². The van der Waals surface area contributed by atoms with E-state index in [1.165, 1.54) is 17.5 Å². The van der Waals surface area contributed by atoms with E-state index in [-0.39, 0.29) is 5.54 Å². The molecule has 1 heterocycles. The number of hydrogen-bond donors (Lipinski definition) is 4. The molecule has 0 saturated heterocycles. The standard InChI is InChI=1S/C16H23NO.C2H2O4/c1-15(16(18)10-5-2-6-11-16)14-8-4-3-7-13(14)9-12-17-15;3-1(4)2(5)6/h3-4,7-8,17-18H,2,5-6,9-12H2,1H3;(H,3,4)(H,5,6). The molecule has 6 heteroatoms. The molecule has 3 rings (SSSR count). The molecule has 0 aromatic heterocycles. The number of aliphatic hydroxyl groups is 1. The fraction of sp³-hybridized carbons (Fsp3) is 0.556. The van der Waals surface area contributed by atoms with E-state index in [1.807, 2.05) is 0 Å². The third-order valence-electron chi connectivity index (χ3n) is 5.22. The summed E-state index contributed by atoms with van der Waals surface area (Å²) < 4.78 is 0. The van der Waals surface area contributed by atoms with Crippen LogP contribution in [0, 0.1) is 0 Å². The van der Waals surface area contributed by atoms with E-state index in [1.54, 1.807) is 0 Å². The minimum absolute atomic E-state index is 0.276. The number of carboxylic acids is 2. The van der Waals surface area contributed by atoms with Crippen molar-refractivity contribution in [3.05, 3.63) is 35.4 Å². The molecule has 6 nitrogen and oxygen atoms in total. The lowest BCUT2D eigenvalue weighted by Crippen LogP contribution is -2.61. The van der Waals surface area contributed by atoms with Crippen molar-refractivity contribution in [2.24, 2.45) is 0 Å². The summed E-state index contributed by atoms with van der Waals surface area (Å²) >= 11 is 0. The van der Waals surface area contributed by atoms with Gasteiger partial charge < -0.3 is 20.6 Å². The van der Waals surface area contributed by atoms with Crippen molar-refractivity contribution in [2.75, 3.05) is 6.54 Å². The average Bonchev–Trinajstić information content (AvgIpc) is 2.56. The Morgan fingerprint density at radius 2 is 1.62 bits per heavy atom. The van der Waals surface area contributed by atoms with Crippen LogP contribution in [0.5, 0.6) is 0 Å². The molecule has 1 fully saturated rings. The van der Waals surface area contributed by atoms with E-state index in [9.17, 15) is 5.11 Å². The summed E-state index contributed by atoms with van der Waals surface area (Å²) in [4.78, 5) is 18.2. The first-order valence-corrected chi connectivity index (χ1v) is 8.32. The number of hydrogen-bond acceptors (Lipinski definition) is 4. The van der Waals surface area contributed by atoms with Crippen molar-refractivity contribution < 1.29 is 24.9 Å². The molecule has 1 atom stereocenters. The van der Waals surface area contributed by atoms with Crippen molar-refractivity contribution in [3.8, 4) is 0 Å². The second kappa shape index (κ2) is 7.32. The highest BCUT2D eigenvalue weighted by molar-refractivity contribution is 6.27. The van der Waals surface area contributed by atoms with E-state index in [4.69, 9.17) is 19.8 Å². The van der Waals surface area contributed by atoms with Gasteiger partial charge in [-0.1, -0.05) is 43.5 Å². The highest BCUT2D eigenvalue weighted by Crippen LogP contribution is 2.45. The van der Waals surface area contributed by atoms with E-state index < -0.39 is 17.5 Å². The predicted octanol–water partition coefficient (Wildman–Crippen LogP) is 1.90. The molecule has 0 amide bonds. The summed E-state index contributed by atoms with van der Waals surface area (Å²) in [5.41, 5.74) is 1.85. The Hall–Kier alpha value is -1.92. The zero-order valence-corrected chi connectivity index (χ0v) is 13.9. The normalized spacial score (nSPS) is 24.9. The summed E-state index contributed by atoms with van der Waals surface area (Å²) in [6.45, 7) is 3.16. The smallest absolute Gasteiger partial charge is 0.414 e. The minimum Gasteiger partial charge on any atom is -0.473 e. The van der Waals surface area contributed by atoms with Gasteiger partial charge in [0.25, 0.3) is 0 Å². The third-order valence-corrected chi connectivity index (χ3v) is 5.22. The number of rotatable bonds is 1. The van der Waals surface area contributed by atoms with Crippen LogP contribution < -0.4 is 5.32 Å². The molecule has 1 unspecified atom stereocenters. The van der Waals surface area contributed by atoms with Crippen molar-refractivity contribution in [2.45, 2.75) is 56.6 Å². The van der Waals surface area contributed by atoms with Gasteiger partial charge >= 0.3 is 11.9 Å². The van der Waals surface area contributed by atoms with Gasteiger partial charge in [0.05, 0.1) is 11.1 Å². The van der Waals surface area contributed by atoms with Crippen molar-refractivity contribution in [3.63, 3.8) is 0 Å². The Labute approximate surface area is 141 Å². The molecule has 1 aromatic rings. The molecule has 0 spiro atoms. The van der Waals surface area contributed by atoms with Crippen LogP contribution in [0.25, 0.3) is 0 Å². The number of fused-ring (bicyclic) bond motifs is 1. The molecular formula is C18H25NO5. The highest BCUT2D eigenvalue weighted by Gasteiger charge is 2.49. The fourth-order valence-electron chi connectivity index (χ4n) is 3.82. The molecule has 2 aliphatic rings. The number of carbonyl (C=O) groups is 2. The molecular weight excluding hydrogens is 310 g/mol. The summed E-state index contributed by atoms with van der Waals surface area (Å²) in [6, 6.07) is 8.60. The Kier molecular flexibility index (Phi) is 5.62. The van der Waals surface area contributed by atoms with Gasteiger partial charge in [0.1, 0.15) is 0 Å². The molecule has 1 aromatic carbocycles. The lowest BCUT2D eigenvalue weighted by molar-refractivity contribution is -0.159. The van der Waals surface area contributed by atoms with Gasteiger partial charge in [0.15, 0.2) is 0 Å². The van der Waals surface area contributed by atoms with Gasteiger partial charge in [0.2, 0.25) is 0 Å². The van der Waals surface area contributed by atoms with Gasteiger partial charge in [-0.2, -0.15) is 0 Å². The zero-order chi connectivity index (χ0) is 17.8. The first kappa shape index (κ1) is 18.4. The van der Waals surface area contributed by atoms with Gasteiger partial charge in [-0.25, -0.2) is 9.59 Å². The van der Waals surface area contributed by atoms with E-state index in [2.05, 4.69) is 36.5 Å². The van der Waals surface area contributed by atoms with Crippen LogP contribution in [-0.4, -0.2) is 39.4 Å². The summed E-state index contributed by atoms with van der Waals surface area (Å²) in [5, 5.41) is 29.5. The van der Waals surface area contributed by atoms with Crippen LogP contribution in [-0.2, 0) is 21.5 Å². The summed E-state index contributed by atoms with van der Waals surface area (Å²) in [5.74, 6) is -3.65. The number of carboxylic acid groups (broad SMARTS) is 2. The van der Waals surface area contributed by atoms with Crippen LogP contribution >= 0.6 is 0 Å². The lowest BCUT2D eigenvalue weighted by atomic mass is 9.66. The maximum absolute atomic E-state index is 11.1. The molecule has 4 N–H and O–H groups in total. The first-order valence-electron chi connectivity index (χ1n) is 8.32. The molecule has 0 bridgehead atoms.